The van der Waals surface area contributed by atoms with E-state index in [1.807, 2.05) is 6.07 Å². The number of cyclic esters (lactones) is 1. The molecule has 6 heteroatoms. The van der Waals surface area contributed by atoms with Crippen LogP contribution in [0.25, 0.3) is 6.08 Å². The molecule has 0 saturated carbocycles. The number of nitrogens with zero attached hydrogens (tertiary/aromatic N) is 2. The predicted octanol–water partition coefficient (Wildman–Crippen LogP) is 3.59. The normalized spacial score (nSPS) is 14.9. The summed E-state index contributed by atoms with van der Waals surface area (Å²) in [6, 6.07) is 15.8. The van der Waals surface area contributed by atoms with Crippen LogP contribution in [0.15, 0.2) is 59.2 Å². The van der Waals surface area contributed by atoms with Crippen molar-refractivity contribution >= 4 is 29.5 Å². The number of esters is 1. The summed E-state index contributed by atoms with van der Waals surface area (Å²) in [5, 5.41) is 9.08. The summed E-state index contributed by atoms with van der Waals surface area (Å²) < 4.78 is 10.4. The highest BCUT2D eigenvalue weighted by Gasteiger charge is 2.24. The molecule has 1 heterocycles. The maximum absolute atomic E-state index is 12.0. The van der Waals surface area contributed by atoms with Crippen molar-refractivity contribution in [1.82, 2.24) is 0 Å². The molecule has 5 nitrogen and oxygen atoms in total. The van der Waals surface area contributed by atoms with Crippen LogP contribution in [0.1, 0.15) is 11.1 Å². The summed E-state index contributed by atoms with van der Waals surface area (Å²) in [7, 11) is 0. The highest BCUT2D eigenvalue weighted by atomic mass is 35.5. The van der Waals surface area contributed by atoms with Crippen LogP contribution < -0.4 is 4.74 Å². The lowest BCUT2D eigenvalue weighted by atomic mass is 10.2. The standard InChI is InChI=1S/C18H11ClN2O3/c19-14-5-2-4-13(11-14)17-21-16(18(22)24-17)10-12-3-1-6-15(9-12)23-8-7-20/h1-6,9-11H,8H2/b16-10+. The zero-order valence-corrected chi connectivity index (χ0v) is 13.2. The Morgan fingerprint density at radius 3 is 2.88 bits per heavy atom. The van der Waals surface area contributed by atoms with Crippen LogP contribution in [-0.4, -0.2) is 18.5 Å². The zero-order valence-electron chi connectivity index (χ0n) is 12.4. The Kier molecular flexibility index (Phi) is 4.59. The molecule has 0 aliphatic carbocycles. The van der Waals surface area contributed by atoms with E-state index in [2.05, 4.69) is 4.99 Å². The second kappa shape index (κ2) is 6.99. The van der Waals surface area contributed by atoms with Gasteiger partial charge in [-0.25, -0.2) is 9.79 Å². The number of ether oxygens (including phenoxy) is 2. The summed E-state index contributed by atoms with van der Waals surface area (Å²) >= 11 is 5.94. The van der Waals surface area contributed by atoms with Crippen molar-refractivity contribution in [3.8, 4) is 11.8 Å². The van der Waals surface area contributed by atoms with Crippen LogP contribution >= 0.6 is 11.6 Å². The Morgan fingerprint density at radius 1 is 1.25 bits per heavy atom. The number of aliphatic imine (C=N–C) groups is 1. The van der Waals surface area contributed by atoms with E-state index in [0.29, 0.717) is 21.9 Å². The Bertz CT molecular complexity index is 897. The molecule has 24 heavy (non-hydrogen) atoms. The number of halogens is 1. The van der Waals surface area contributed by atoms with Gasteiger partial charge in [-0.05, 0) is 42.0 Å². The van der Waals surface area contributed by atoms with Crippen molar-refractivity contribution in [3.05, 3.63) is 70.4 Å². The number of carbonyl (C=O) groups excluding carboxylic acids is 1. The third-order valence-corrected chi connectivity index (χ3v) is 3.39. The molecular formula is C18H11ClN2O3. The second-order valence-electron chi connectivity index (χ2n) is 4.87. The summed E-state index contributed by atoms with van der Waals surface area (Å²) in [6.07, 6.45) is 1.60. The lowest BCUT2D eigenvalue weighted by Gasteiger charge is -2.02. The topological polar surface area (TPSA) is 71.7 Å². The lowest BCUT2D eigenvalue weighted by molar-refractivity contribution is -0.129. The molecule has 2 aromatic carbocycles. The quantitative estimate of drug-likeness (QED) is 0.631. The summed E-state index contributed by atoms with van der Waals surface area (Å²) in [5.74, 6) is 0.218. The molecule has 118 valence electrons. The molecule has 0 N–H and O–H groups in total. The fourth-order valence-corrected chi connectivity index (χ4v) is 2.31. The fourth-order valence-electron chi connectivity index (χ4n) is 2.12. The Morgan fingerprint density at radius 2 is 2.08 bits per heavy atom. The van der Waals surface area contributed by atoms with Crippen molar-refractivity contribution in [1.29, 1.82) is 5.26 Å². The van der Waals surface area contributed by atoms with Crippen molar-refractivity contribution in [2.45, 2.75) is 0 Å². The fraction of sp³-hybridized carbons (Fsp3) is 0.0556. The highest BCUT2D eigenvalue weighted by molar-refractivity contribution is 6.31. The molecule has 0 saturated heterocycles. The maximum atomic E-state index is 12.0. The average molecular weight is 339 g/mol. The summed E-state index contributed by atoms with van der Waals surface area (Å²) in [4.78, 5) is 16.2. The second-order valence-corrected chi connectivity index (χ2v) is 5.30. The lowest BCUT2D eigenvalue weighted by Crippen LogP contribution is -2.05. The van der Waals surface area contributed by atoms with Gasteiger partial charge >= 0.3 is 5.97 Å². The molecule has 2 aromatic rings. The molecule has 0 fully saturated rings. The first-order valence-corrected chi connectivity index (χ1v) is 7.42. The molecular weight excluding hydrogens is 328 g/mol. The van der Waals surface area contributed by atoms with Gasteiger partial charge < -0.3 is 9.47 Å². The number of benzene rings is 2. The molecule has 1 aliphatic heterocycles. The number of carbonyl (C=O) groups is 1. The predicted molar refractivity (Wildman–Crippen MR) is 89.6 cm³/mol. The Hall–Kier alpha value is -3.10. The SMILES string of the molecule is N#CCOc1cccc(/C=C2/N=C(c3cccc(Cl)c3)OC2=O)c1. The van der Waals surface area contributed by atoms with E-state index in [9.17, 15) is 4.79 Å². The van der Waals surface area contributed by atoms with Crippen LogP contribution in [0.2, 0.25) is 5.02 Å². The Labute approximate surface area is 143 Å². The van der Waals surface area contributed by atoms with Crippen molar-refractivity contribution < 1.29 is 14.3 Å². The van der Waals surface area contributed by atoms with Crippen LogP contribution in [0.4, 0.5) is 0 Å². The first-order valence-electron chi connectivity index (χ1n) is 7.04. The third kappa shape index (κ3) is 3.62. The van der Waals surface area contributed by atoms with E-state index in [0.717, 1.165) is 0 Å². The van der Waals surface area contributed by atoms with Crippen molar-refractivity contribution in [2.75, 3.05) is 6.61 Å². The van der Waals surface area contributed by atoms with E-state index in [4.69, 9.17) is 26.3 Å². The van der Waals surface area contributed by atoms with E-state index < -0.39 is 5.97 Å². The summed E-state index contributed by atoms with van der Waals surface area (Å²) in [5.41, 5.74) is 1.53. The van der Waals surface area contributed by atoms with Crippen LogP contribution in [-0.2, 0) is 9.53 Å². The van der Waals surface area contributed by atoms with Crippen LogP contribution in [0.3, 0.4) is 0 Å². The maximum Gasteiger partial charge on any atom is 0.363 e. The minimum Gasteiger partial charge on any atom is -0.479 e. The smallest absolute Gasteiger partial charge is 0.363 e. The number of hydrogen-bond donors (Lipinski definition) is 0. The monoisotopic (exact) mass is 338 g/mol. The van der Waals surface area contributed by atoms with E-state index in [1.165, 1.54) is 0 Å². The van der Waals surface area contributed by atoms with Gasteiger partial charge in [-0.15, -0.1) is 0 Å². The number of hydrogen-bond acceptors (Lipinski definition) is 5. The molecule has 0 unspecified atom stereocenters. The highest BCUT2D eigenvalue weighted by Crippen LogP contribution is 2.22. The molecule has 0 radical (unpaired) electrons. The van der Waals surface area contributed by atoms with Gasteiger partial charge in [0, 0.05) is 10.6 Å². The first-order chi connectivity index (χ1) is 11.7. The molecule has 0 bridgehead atoms. The Balaban J connectivity index is 1.87. The van der Waals surface area contributed by atoms with Gasteiger partial charge in [0.2, 0.25) is 5.90 Å². The largest absolute Gasteiger partial charge is 0.479 e. The average Bonchev–Trinajstić information content (AvgIpc) is 2.94. The van der Waals surface area contributed by atoms with E-state index in [-0.39, 0.29) is 18.2 Å². The summed E-state index contributed by atoms with van der Waals surface area (Å²) in [6.45, 7) is -0.0425. The van der Waals surface area contributed by atoms with Crippen LogP contribution in [0.5, 0.6) is 5.75 Å². The van der Waals surface area contributed by atoms with Crippen molar-refractivity contribution in [2.24, 2.45) is 4.99 Å². The molecule has 0 spiro atoms. The number of nitriles is 1. The van der Waals surface area contributed by atoms with Gasteiger partial charge in [-0.3, -0.25) is 0 Å². The molecule has 0 amide bonds. The van der Waals surface area contributed by atoms with Gasteiger partial charge in [0.25, 0.3) is 0 Å². The molecule has 3 rings (SSSR count). The van der Waals surface area contributed by atoms with E-state index in [1.54, 1.807) is 54.6 Å². The van der Waals surface area contributed by atoms with E-state index >= 15 is 0 Å². The minimum atomic E-state index is -0.534. The minimum absolute atomic E-state index is 0.0425. The zero-order chi connectivity index (χ0) is 16.9. The van der Waals surface area contributed by atoms with Crippen LogP contribution in [0, 0.1) is 11.3 Å². The van der Waals surface area contributed by atoms with Gasteiger partial charge in [-0.1, -0.05) is 29.8 Å². The first kappa shape index (κ1) is 15.8. The molecule has 0 aromatic heterocycles. The molecule has 1 aliphatic rings. The van der Waals surface area contributed by atoms with Gasteiger partial charge in [0.1, 0.15) is 11.8 Å². The number of rotatable bonds is 4. The van der Waals surface area contributed by atoms with Gasteiger partial charge in [-0.2, -0.15) is 5.26 Å². The molecule has 0 atom stereocenters. The third-order valence-electron chi connectivity index (χ3n) is 3.16. The van der Waals surface area contributed by atoms with Gasteiger partial charge in [0.15, 0.2) is 12.3 Å². The van der Waals surface area contributed by atoms with Crippen molar-refractivity contribution in [3.63, 3.8) is 0 Å². The van der Waals surface area contributed by atoms with Gasteiger partial charge in [0.05, 0.1) is 0 Å².